The number of rotatable bonds is 3. The van der Waals surface area contributed by atoms with Gasteiger partial charge in [-0.05, 0) is 30.9 Å². The molecule has 7 heteroatoms. The van der Waals surface area contributed by atoms with Gasteiger partial charge in [0.05, 0.1) is 16.6 Å². The van der Waals surface area contributed by atoms with Gasteiger partial charge in [0.15, 0.2) is 0 Å². The second-order valence-electron chi connectivity index (χ2n) is 5.17. The van der Waals surface area contributed by atoms with E-state index in [2.05, 4.69) is 23.5 Å². The molecule has 0 aliphatic heterocycles. The van der Waals surface area contributed by atoms with Crippen LogP contribution in [0.4, 0.5) is 0 Å². The monoisotopic (exact) mass is 346 g/mol. The maximum Gasteiger partial charge on any atom is 0.243 e. The molecule has 0 amide bonds. The Hall–Kier alpha value is -0.770. The zero-order chi connectivity index (χ0) is 15.6. The van der Waals surface area contributed by atoms with Crippen molar-refractivity contribution >= 4 is 33.2 Å². The first-order valence-electron chi connectivity index (χ1n) is 6.54. The Kier molecular flexibility index (Phi) is 5.18. The number of sulfonamides is 1. The van der Waals surface area contributed by atoms with Crippen LogP contribution in [0.15, 0.2) is 17.0 Å². The Morgan fingerprint density at radius 3 is 2.38 bits per heavy atom. The summed E-state index contributed by atoms with van der Waals surface area (Å²) in [4.78, 5) is -0.0938. The zero-order valence-electron chi connectivity index (χ0n) is 11.5. The van der Waals surface area contributed by atoms with Crippen LogP contribution in [0.3, 0.4) is 0 Å². The first kappa shape index (κ1) is 16.6. The summed E-state index contributed by atoms with van der Waals surface area (Å²) < 4.78 is 27.4. The van der Waals surface area contributed by atoms with Crippen LogP contribution in [0.5, 0.6) is 0 Å². The molecule has 114 valence electrons. The molecular formula is C14H16Cl2N2O2S. The highest BCUT2D eigenvalue weighted by molar-refractivity contribution is 7.89. The Morgan fingerprint density at radius 1 is 1.33 bits per heavy atom. The molecule has 2 rings (SSSR count). The van der Waals surface area contributed by atoms with Gasteiger partial charge in [-0.1, -0.05) is 42.0 Å². The lowest BCUT2D eigenvalue weighted by Crippen LogP contribution is -2.43. The summed E-state index contributed by atoms with van der Waals surface area (Å²) in [6.45, 7) is 2.28. The van der Waals surface area contributed by atoms with E-state index in [1.165, 1.54) is 12.1 Å². The molecule has 4 nitrogen and oxygen atoms in total. The van der Waals surface area contributed by atoms with E-state index >= 15 is 0 Å². The van der Waals surface area contributed by atoms with Gasteiger partial charge in [-0.15, -0.1) is 0 Å². The van der Waals surface area contributed by atoms with Crippen LogP contribution >= 0.6 is 23.2 Å². The first-order valence-corrected chi connectivity index (χ1v) is 8.77. The Morgan fingerprint density at radius 2 is 1.90 bits per heavy atom. The number of hydrogen-bond donors (Lipinski definition) is 2. The van der Waals surface area contributed by atoms with Crippen molar-refractivity contribution in [3.05, 3.63) is 27.7 Å². The maximum absolute atomic E-state index is 12.4. The molecule has 0 bridgehead atoms. The quantitative estimate of drug-likeness (QED) is 0.825. The molecule has 1 aromatic carbocycles. The Bertz CT molecular complexity index is 678. The Balaban J connectivity index is 2.30. The smallest absolute Gasteiger partial charge is 0.243 e. The third-order valence-electron chi connectivity index (χ3n) is 3.30. The van der Waals surface area contributed by atoms with Gasteiger partial charge >= 0.3 is 0 Å². The molecule has 21 heavy (non-hydrogen) atoms. The Labute approximate surface area is 135 Å². The molecular weight excluding hydrogens is 331 g/mol. The van der Waals surface area contributed by atoms with Crippen molar-refractivity contribution in [2.75, 3.05) is 6.54 Å². The lowest BCUT2D eigenvalue weighted by molar-refractivity contribution is 0.270. The van der Waals surface area contributed by atoms with Crippen molar-refractivity contribution in [2.24, 2.45) is 11.7 Å². The van der Waals surface area contributed by atoms with Gasteiger partial charge < -0.3 is 5.73 Å². The van der Waals surface area contributed by atoms with Crippen molar-refractivity contribution in [1.82, 2.24) is 4.72 Å². The molecule has 0 radical (unpaired) electrons. The third-order valence-corrected chi connectivity index (χ3v) is 5.74. The number of nitrogens with two attached hydrogens (primary N) is 1. The molecule has 1 aromatic rings. The lowest BCUT2D eigenvalue weighted by atomic mass is 9.83. The second kappa shape index (κ2) is 6.55. The molecule has 0 spiro atoms. The van der Waals surface area contributed by atoms with Crippen LogP contribution in [0.25, 0.3) is 0 Å². The van der Waals surface area contributed by atoms with E-state index in [0.717, 1.165) is 12.8 Å². The summed E-state index contributed by atoms with van der Waals surface area (Å²) in [5.41, 5.74) is 5.83. The molecule has 0 heterocycles. The molecule has 1 saturated carbocycles. The summed E-state index contributed by atoms with van der Waals surface area (Å²) in [5, 5.41) is 0.118. The maximum atomic E-state index is 12.4. The minimum atomic E-state index is -3.73. The molecule has 1 aliphatic carbocycles. The van der Waals surface area contributed by atoms with Crippen molar-refractivity contribution < 1.29 is 8.42 Å². The van der Waals surface area contributed by atoms with Crippen LogP contribution in [0, 0.1) is 17.8 Å². The minimum absolute atomic E-state index is 0.0474. The van der Waals surface area contributed by atoms with Gasteiger partial charge in [-0.25, -0.2) is 13.1 Å². The fourth-order valence-corrected chi connectivity index (χ4v) is 4.80. The second-order valence-corrected chi connectivity index (χ2v) is 7.63. The molecule has 0 atom stereocenters. The van der Waals surface area contributed by atoms with E-state index in [-0.39, 0.29) is 27.5 Å². The van der Waals surface area contributed by atoms with Gasteiger partial charge in [-0.2, -0.15) is 0 Å². The predicted molar refractivity (Wildman–Crippen MR) is 84.9 cm³/mol. The van der Waals surface area contributed by atoms with E-state index in [1.54, 1.807) is 0 Å². The highest BCUT2D eigenvalue weighted by Gasteiger charge is 2.31. The first-order chi connectivity index (χ1) is 9.83. The van der Waals surface area contributed by atoms with Crippen LogP contribution in [-0.4, -0.2) is 21.0 Å². The van der Waals surface area contributed by atoms with Gasteiger partial charge in [0.25, 0.3) is 0 Å². The third kappa shape index (κ3) is 3.91. The van der Waals surface area contributed by atoms with E-state index in [0.29, 0.717) is 11.5 Å². The van der Waals surface area contributed by atoms with Crippen LogP contribution in [0.1, 0.15) is 25.3 Å². The van der Waals surface area contributed by atoms with Gasteiger partial charge in [0.2, 0.25) is 10.0 Å². The zero-order valence-corrected chi connectivity index (χ0v) is 13.8. The van der Waals surface area contributed by atoms with Crippen molar-refractivity contribution in [2.45, 2.75) is 30.7 Å². The van der Waals surface area contributed by atoms with Crippen molar-refractivity contribution in [3.8, 4) is 11.8 Å². The number of benzene rings is 1. The normalized spacial score (nSPS) is 21.3. The molecule has 1 aliphatic rings. The van der Waals surface area contributed by atoms with Crippen molar-refractivity contribution in [1.29, 1.82) is 0 Å². The van der Waals surface area contributed by atoms with Crippen LogP contribution in [-0.2, 0) is 10.0 Å². The van der Waals surface area contributed by atoms with E-state index in [9.17, 15) is 8.42 Å². The highest BCUT2D eigenvalue weighted by atomic mass is 35.5. The number of hydrogen-bond acceptors (Lipinski definition) is 3. The molecule has 1 fully saturated rings. The van der Waals surface area contributed by atoms with E-state index in [4.69, 9.17) is 28.9 Å². The fourth-order valence-electron chi connectivity index (χ4n) is 2.32. The van der Waals surface area contributed by atoms with Gasteiger partial charge in [0, 0.05) is 11.6 Å². The number of halogens is 2. The SMILES string of the molecule is CC1CC(NS(=O)(=O)c2c(Cl)cc(C#CCN)cc2Cl)C1. The largest absolute Gasteiger partial charge is 0.320 e. The fraction of sp³-hybridized carbons (Fsp3) is 0.429. The van der Waals surface area contributed by atoms with Crippen LogP contribution in [0.2, 0.25) is 10.0 Å². The summed E-state index contributed by atoms with van der Waals surface area (Å²) in [5.74, 6) is 5.98. The molecule has 0 saturated heterocycles. The summed E-state index contributed by atoms with van der Waals surface area (Å²) in [6.07, 6.45) is 1.66. The topological polar surface area (TPSA) is 72.2 Å². The van der Waals surface area contributed by atoms with E-state index < -0.39 is 10.0 Å². The minimum Gasteiger partial charge on any atom is -0.320 e. The lowest BCUT2D eigenvalue weighted by Gasteiger charge is -2.33. The standard InChI is InChI=1S/C14H16Cl2N2O2S/c1-9-5-11(6-9)18-21(19,20)14-12(15)7-10(3-2-4-17)8-13(14)16/h7-9,11,18H,4-6,17H2,1H3. The molecule has 0 aromatic heterocycles. The predicted octanol–water partition coefficient (Wildman–Crippen LogP) is 2.38. The molecule has 3 N–H and O–H groups in total. The van der Waals surface area contributed by atoms with Crippen LogP contribution < -0.4 is 10.5 Å². The average molecular weight is 347 g/mol. The van der Waals surface area contributed by atoms with Crippen molar-refractivity contribution in [3.63, 3.8) is 0 Å². The summed E-state index contributed by atoms with van der Waals surface area (Å²) in [7, 11) is -3.73. The average Bonchev–Trinajstić information content (AvgIpc) is 2.33. The highest BCUT2D eigenvalue weighted by Crippen LogP contribution is 2.33. The van der Waals surface area contributed by atoms with Gasteiger partial charge in [-0.3, -0.25) is 0 Å². The summed E-state index contributed by atoms with van der Waals surface area (Å²) >= 11 is 12.1. The number of nitrogens with one attached hydrogen (secondary N) is 1. The van der Waals surface area contributed by atoms with Gasteiger partial charge in [0.1, 0.15) is 4.90 Å². The van der Waals surface area contributed by atoms with E-state index in [1.807, 2.05) is 0 Å². The summed E-state index contributed by atoms with van der Waals surface area (Å²) in [6, 6.07) is 2.91. The molecule has 0 unspecified atom stereocenters.